The van der Waals surface area contributed by atoms with Gasteiger partial charge in [0.05, 0.1) is 30.4 Å². The lowest BCUT2D eigenvalue weighted by molar-refractivity contribution is -0.192. The Morgan fingerprint density at radius 3 is 2.73 bits per heavy atom. The molecule has 0 aliphatic heterocycles. The summed E-state index contributed by atoms with van der Waals surface area (Å²) in [6.45, 7) is 3.12. The summed E-state index contributed by atoms with van der Waals surface area (Å²) in [4.78, 5) is 36.1. The van der Waals surface area contributed by atoms with Crippen LogP contribution in [0, 0.1) is 11.3 Å². The van der Waals surface area contributed by atoms with E-state index in [2.05, 4.69) is 30.9 Å². The molecule has 1 unspecified atom stereocenters. The summed E-state index contributed by atoms with van der Waals surface area (Å²) in [5, 5.41) is 14.7. The van der Waals surface area contributed by atoms with Gasteiger partial charge in [-0.15, -0.1) is 0 Å². The first kappa shape index (κ1) is 25.4. The Balaban J connectivity index is 1.67. The van der Waals surface area contributed by atoms with Crippen molar-refractivity contribution in [2.75, 3.05) is 4.90 Å². The second-order valence-corrected chi connectivity index (χ2v) is 8.26. The summed E-state index contributed by atoms with van der Waals surface area (Å²) >= 11 is 0. The first-order valence-electron chi connectivity index (χ1n) is 11.0. The molecule has 37 heavy (non-hydrogen) atoms. The van der Waals surface area contributed by atoms with Crippen molar-refractivity contribution in [3.63, 3.8) is 0 Å². The van der Waals surface area contributed by atoms with Crippen LogP contribution in [0.4, 0.5) is 23.7 Å². The van der Waals surface area contributed by atoms with Gasteiger partial charge in [0.1, 0.15) is 12.0 Å². The third kappa shape index (κ3) is 5.27. The highest BCUT2D eigenvalue weighted by Crippen LogP contribution is 2.30. The number of ether oxygens (including phenoxy) is 1. The second kappa shape index (κ2) is 10.1. The number of hydrogen-bond acceptors (Lipinski definition) is 7. The van der Waals surface area contributed by atoms with E-state index >= 15 is 0 Å². The van der Waals surface area contributed by atoms with E-state index in [4.69, 9.17) is 0 Å². The van der Waals surface area contributed by atoms with Gasteiger partial charge in [-0.05, 0) is 37.6 Å². The fraction of sp³-hybridized carbons (Fsp3) is 0.250. The van der Waals surface area contributed by atoms with Crippen molar-refractivity contribution in [1.29, 1.82) is 5.26 Å². The maximum atomic E-state index is 12.6. The van der Waals surface area contributed by atoms with Gasteiger partial charge in [-0.1, -0.05) is 12.1 Å². The zero-order valence-corrected chi connectivity index (χ0v) is 19.6. The maximum Gasteiger partial charge on any atom is 0.491 e. The number of halogens is 3. The zero-order chi connectivity index (χ0) is 26.7. The molecule has 4 rings (SSSR count). The number of nitrogens with one attached hydrogen (secondary N) is 1. The zero-order valence-electron chi connectivity index (χ0n) is 19.6. The molecular weight excluding hydrogens is 491 g/mol. The number of aromatic nitrogens is 5. The number of hydrogen-bond donors (Lipinski definition) is 1. The number of nitriles is 1. The molecular formula is C24H20F3N7O3. The Morgan fingerprint density at radius 1 is 1.24 bits per heavy atom. The molecule has 0 radical (unpaired) electrons. The summed E-state index contributed by atoms with van der Waals surface area (Å²) in [6, 6.07) is 9.02. The summed E-state index contributed by atoms with van der Waals surface area (Å²) in [6.07, 6.45) is -0.288. The second-order valence-electron chi connectivity index (χ2n) is 8.26. The third-order valence-corrected chi connectivity index (χ3v) is 5.49. The molecule has 0 fully saturated rings. The lowest BCUT2D eigenvalue weighted by Crippen LogP contribution is -2.41. The van der Waals surface area contributed by atoms with Crippen molar-refractivity contribution in [1.82, 2.24) is 24.7 Å². The van der Waals surface area contributed by atoms with Crippen LogP contribution in [0.25, 0.3) is 22.3 Å². The molecule has 1 atom stereocenters. The minimum atomic E-state index is -5.31. The maximum absolute atomic E-state index is 12.6. The van der Waals surface area contributed by atoms with Crippen LogP contribution >= 0.6 is 0 Å². The Labute approximate surface area is 208 Å². The number of anilines is 1. The molecule has 190 valence electrons. The van der Waals surface area contributed by atoms with Crippen LogP contribution in [-0.2, 0) is 9.53 Å². The Hall–Kier alpha value is -4.73. The van der Waals surface area contributed by atoms with Crippen LogP contribution in [0.3, 0.4) is 0 Å². The van der Waals surface area contributed by atoms with E-state index in [9.17, 15) is 28.0 Å². The van der Waals surface area contributed by atoms with Gasteiger partial charge >= 0.3 is 18.2 Å². The molecule has 0 saturated heterocycles. The molecule has 3 heterocycles. The number of carbonyl (C=O) groups excluding carboxylic acids is 2. The number of carbonyl (C=O) groups is 2. The standard InChI is InChI=1S/C24H20F3N7O3/c1-14(2)34(23(36)37-22(35)24(25,26)27)17-5-3-4-15(10-17)19(6-8-28)33-12-16(11-32-33)20-18-7-9-29-21(18)31-13-30-20/h3-5,7,9-14,19H,6H2,1-2H3,(H,29,30,31). The van der Waals surface area contributed by atoms with E-state index in [1.54, 1.807) is 49.3 Å². The van der Waals surface area contributed by atoms with Gasteiger partial charge < -0.3 is 9.72 Å². The van der Waals surface area contributed by atoms with Crippen LogP contribution in [0.5, 0.6) is 0 Å². The van der Waals surface area contributed by atoms with Gasteiger partial charge in [0.25, 0.3) is 0 Å². The average Bonchev–Trinajstić information content (AvgIpc) is 3.51. The highest BCUT2D eigenvalue weighted by molar-refractivity contribution is 5.96. The normalized spacial score (nSPS) is 12.4. The van der Waals surface area contributed by atoms with Gasteiger partial charge in [0.15, 0.2) is 0 Å². The minimum Gasteiger partial charge on any atom is -0.369 e. The number of alkyl halides is 3. The summed E-state index contributed by atoms with van der Waals surface area (Å²) < 4.78 is 43.5. The topological polar surface area (TPSA) is 130 Å². The average molecular weight is 511 g/mol. The molecule has 10 nitrogen and oxygen atoms in total. The fourth-order valence-corrected chi connectivity index (χ4v) is 3.87. The van der Waals surface area contributed by atoms with Crippen LogP contribution < -0.4 is 4.90 Å². The minimum absolute atomic E-state index is 0.00654. The number of aromatic amines is 1. The molecule has 1 aromatic carbocycles. The molecule has 13 heteroatoms. The lowest BCUT2D eigenvalue weighted by Gasteiger charge is -2.27. The molecule has 0 bridgehead atoms. The highest BCUT2D eigenvalue weighted by Gasteiger charge is 2.43. The SMILES string of the molecule is CC(C)N(C(=O)OC(=O)C(F)(F)F)c1cccc(C(CC#N)n2cc(-c3ncnc4[nH]ccc34)cn2)c1. The Kier molecular flexibility index (Phi) is 6.92. The van der Waals surface area contributed by atoms with Gasteiger partial charge in [-0.3, -0.25) is 9.58 Å². The van der Waals surface area contributed by atoms with Crippen molar-refractivity contribution in [2.45, 2.75) is 38.5 Å². The summed E-state index contributed by atoms with van der Waals surface area (Å²) in [5.74, 6) is -2.60. The number of rotatable bonds is 6. The van der Waals surface area contributed by atoms with Gasteiger partial charge in [-0.2, -0.15) is 23.5 Å². The number of benzene rings is 1. The Morgan fingerprint density at radius 2 is 2.03 bits per heavy atom. The largest absolute Gasteiger partial charge is 0.491 e. The fourth-order valence-electron chi connectivity index (χ4n) is 3.87. The summed E-state index contributed by atoms with van der Waals surface area (Å²) in [7, 11) is 0. The molecule has 0 aliphatic carbocycles. The van der Waals surface area contributed by atoms with Gasteiger partial charge in [0.2, 0.25) is 0 Å². The van der Waals surface area contributed by atoms with Crippen molar-refractivity contribution in [3.05, 3.63) is 60.8 Å². The van der Waals surface area contributed by atoms with Crippen LogP contribution in [0.15, 0.2) is 55.2 Å². The Bertz CT molecular complexity index is 1490. The first-order valence-corrected chi connectivity index (χ1v) is 11.0. The monoisotopic (exact) mass is 511 g/mol. The van der Waals surface area contributed by atoms with Gasteiger partial charge in [0, 0.05) is 35.1 Å². The predicted octanol–water partition coefficient (Wildman–Crippen LogP) is 4.76. The quantitative estimate of drug-likeness (QED) is 0.292. The number of H-pyrrole nitrogens is 1. The van der Waals surface area contributed by atoms with E-state index < -0.39 is 30.3 Å². The van der Waals surface area contributed by atoms with Crippen molar-refractivity contribution in [2.24, 2.45) is 0 Å². The number of amides is 1. The molecule has 0 saturated carbocycles. The number of esters is 1. The van der Waals surface area contributed by atoms with Crippen molar-refractivity contribution in [3.8, 4) is 17.3 Å². The van der Waals surface area contributed by atoms with E-state index in [-0.39, 0.29) is 12.1 Å². The van der Waals surface area contributed by atoms with E-state index in [0.29, 0.717) is 22.5 Å². The molecule has 4 aromatic rings. The molecule has 1 amide bonds. The lowest BCUT2D eigenvalue weighted by atomic mass is 10.0. The number of nitrogens with zero attached hydrogens (tertiary/aromatic N) is 6. The number of fused-ring (bicyclic) bond motifs is 1. The molecule has 0 aliphatic rings. The van der Waals surface area contributed by atoms with E-state index in [1.165, 1.54) is 18.5 Å². The first-order chi connectivity index (χ1) is 17.6. The van der Waals surface area contributed by atoms with Crippen molar-refractivity contribution < 1.29 is 27.5 Å². The van der Waals surface area contributed by atoms with Crippen LogP contribution in [0.2, 0.25) is 0 Å². The molecule has 3 aromatic heterocycles. The summed E-state index contributed by atoms with van der Waals surface area (Å²) in [5.41, 5.74) is 2.73. The van der Waals surface area contributed by atoms with E-state index in [1.807, 2.05) is 6.07 Å². The smallest absolute Gasteiger partial charge is 0.369 e. The molecule has 0 spiro atoms. The van der Waals surface area contributed by atoms with Crippen molar-refractivity contribution >= 4 is 28.8 Å². The van der Waals surface area contributed by atoms with Crippen LogP contribution in [0.1, 0.15) is 31.9 Å². The predicted molar refractivity (Wildman–Crippen MR) is 125 cm³/mol. The van der Waals surface area contributed by atoms with E-state index in [0.717, 1.165) is 10.3 Å². The third-order valence-electron chi connectivity index (χ3n) is 5.49. The van der Waals surface area contributed by atoms with Crippen LogP contribution in [-0.4, -0.2) is 49.0 Å². The highest BCUT2D eigenvalue weighted by atomic mass is 19.4. The molecule has 1 N–H and O–H groups in total. The van der Waals surface area contributed by atoms with Gasteiger partial charge in [-0.25, -0.2) is 19.6 Å².